The van der Waals surface area contributed by atoms with Crippen LogP contribution in [0.4, 0.5) is 5.69 Å². The van der Waals surface area contributed by atoms with Crippen LogP contribution >= 0.6 is 0 Å². The molecule has 0 radical (unpaired) electrons. The van der Waals surface area contributed by atoms with Crippen LogP contribution in [0.1, 0.15) is 21.6 Å². The maximum Gasteiger partial charge on any atom is 0.257 e. The first-order valence-electron chi connectivity index (χ1n) is 10.4. The van der Waals surface area contributed by atoms with Gasteiger partial charge in [0.15, 0.2) is 0 Å². The molecule has 1 aliphatic heterocycles. The number of morpholine rings is 1. The molecule has 1 saturated heterocycles. The Morgan fingerprint density at radius 2 is 1.72 bits per heavy atom. The van der Waals surface area contributed by atoms with Gasteiger partial charge in [0.25, 0.3) is 5.91 Å². The van der Waals surface area contributed by atoms with Crippen molar-refractivity contribution in [3.05, 3.63) is 77.5 Å². The number of pyridine rings is 1. The third-order valence-electron chi connectivity index (χ3n) is 5.47. The molecule has 1 aromatic heterocycles. The molecule has 0 saturated carbocycles. The maximum atomic E-state index is 13.0. The van der Waals surface area contributed by atoms with Gasteiger partial charge in [-0.15, -0.1) is 0 Å². The van der Waals surface area contributed by atoms with Gasteiger partial charge in [-0.1, -0.05) is 36.4 Å². The number of aryl methyl sites for hydroxylation is 2. The zero-order valence-electron chi connectivity index (χ0n) is 18.0. The summed E-state index contributed by atoms with van der Waals surface area (Å²) in [6.45, 7) is 4.99. The first kappa shape index (κ1) is 22.1. The van der Waals surface area contributed by atoms with Crippen LogP contribution in [0.15, 0.2) is 65.6 Å². The molecule has 0 spiro atoms. The minimum atomic E-state index is -3.66. The number of aromatic nitrogens is 1. The number of benzene rings is 2. The molecule has 1 fully saturated rings. The van der Waals surface area contributed by atoms with Crippen LogP contribution in [0.5, 0.6) is 0 Å². The third kappa shape index (κ3) is 4.57. The van der Waals surface area contributed by atoms with E-state index >= 15 is 0 Å². The summed E-state index contributed by atoms with van der Waals surface area (Å²) >= 11 is 0. The highest BCUT2D eigenvalue weighted by Gasteiger charge is 2.27. The fraction of sp³-hybridized carbons (Fsp3) is 0.250. The average Bonchev–Trinajstić information content (AvgIpc) is 2.81. The van der Waals surface area contributed by atoms with Gasteiger partial charge in [-0.05, 0) is 43.7 Å². The van der Waals surface area contributed by atoms with E-state index in [9.17, 15) is 13.2 Å². The second kappa shape index (κ2) is 9.20. The van der Waals surface area contributed by atoms with Crippen LogP contribution in [0, 0.1) is 13.8 Å². The average molecular weight is 452 g/mol. The molecule has 166 valence electrons. The molecule has 32 heavy (non-hydrogen) atoms. The molecule has 7 nitrogen and oxygen atoms in total. The lowest BCUT2D eigenvalue weighted by atomic mass is 10.1. The second-order valence-corrected chi connectivity index (χ2v) is 9.58. The number of hydrogen-bond donors (Lipinski definition) is 1. The number of rotatable bonds is 5. The van der Waals surface area contributed by atoms with Crippen LogP contribution in [0.3, 0.4) is 0 Å². The second-order valence-electron chi connectivity index (χ2n) is 7.64. The van der Waals surface area contributed by atoms with E-state index in [0.29, 0.717) is 43.2 Å². The van der Waals surface area contributed by atoms with Crippen molar-refractivity contribution in [2.24, 2.45) is 0 Å². The Morgan fingerprint density at radius 3 is 2.41 bits per heavy atom. The van der Waals surface area contributed by atoms with Crippen LogP contribution in [0.25, 0.3) is 11.3 Å². The van der Waals surface area contributed by atoms with E-state index in [1.165, 1.54) is 10.4 Å². The number of ether oxygens (including phenoxy) is 1. The van der Waals surface area contributed by atoms with E-state index < -0.39 is 10.0 Å². The highest BCUT2D eigenvalue weighted by molar-refractivity contribution is 7.89. The third-order valence-corrected chi connectivity index (χ3v) is 7.36. The summed E-state index contributed by atoms with van der Waals surface area (Å²) in [5, 5.41) is 2.86. The molecule has 1 aliphatic rings. The molecule has 1 amide bonds. The Morgan fingerprint density at radius 1 is 1.00 bits per heavy atom. The molecule has 0 atom stereocenters. The quantitative estimate of drug-likeness (QED) is 0.640. The van der Waals surface area contributed by atoms with E-state index in [0.717, 1.165) is 16.8 Å². The van der Waals surface area contributed by atoms with Gasteiger partial charge in [-0.3, -0.25) is 9.78 Å². The molecule has 2 heterocycles. The fourth-order valence-electron chi connectivity index (χ4n) is 3.59. The zero-order chi connectivity index (χ0) is 22.7. The molecule has 0 unspecified atom stereocenters. The van der Waals surface area contributed by atoms with E-state index in [1.807, 2.05) is 43.3 Å². The predicted octanol–water partition coefficient (Wildman–Crippen LogP) is 3.64. The first-order chi connectivity index (χ1) is 15.4. The molecule has 0 bridgehead atoms. The van der Waals surface area contributed by atoms with Crippen molar-refractivity contribution in [2.45, 2.75) is 18.7 Å². The minimum absolute atomic E-state index is 0.148. The Kier molecular flexibility index (Phi) is 6.36. The number of anilines is 1. The maximum absolute atomic E-state index is 13.0. The van der Waals surface area contributed by atoms with E-state index in [-0.39, 0.29) is 10.8 Å². The lowest BCUT2D eigenvalue weighted by molar-refractivity contribution is 0.0730. The fourth-order valence-corrected chi connectivity index (χ4v) is 5.03. The molecular weight excluding hydrogens is 426 g/mol. The van der Waals surface area contributed by atoms with Crippen molar-refractivity contribution in [1.82, 2.24) is 9.29 Å². The van der Waals surface area contributed by atoms with Gasteiger partial charge in [-0.25, -0.2) is 8.42 Å². The summed E-state index contributed by atoms with van der Waals surface area (Å²) in [7, 11) is -3.66. The Bertz CT molecular complexity index is 1240. The summed E-state index contributed by atoms with van der Waals surface area (Å²) in [6.07, 6.45) is 0. The van der Waals surface area contributed by atoms with Gasteiger partial charge < -0.3 is 10.1 Å². The molecule has 0 aliphatic carbocycles. The molecule has 8 heteroatoms. The van der Waals surface area contributed by atoms with Crippen LogP contribution < -0.4 is 5.32 Å². The molecule has 1 N–H and O–H groups in total. The molecular formula is C24H25N3O4S. The Balaban J connectivity index is 1.58. The number of carbonyl (C=O) groups is 1. The number of carbonyl (C=O) groups excluding carboxylic acids is 1. The smallest absolute Gasteiger partial charge is 0.257 e. The number of sulfonamides is 1. The van der Waals surface area contributed by atoms with Crippen molar-refractivity contribution in [2.75, 3.05) is 31.6 Å². The Hall–Kier alpha value is -3.07. The summed E-state index contributed by atoms with van der Waals surface area (Å²) in [6, 6.07) is 18.1. The van der Waals surface area contributed by atoms with Gasteiger partial charge in [0.05, 0.1) is 35.1 Å². The molecule has 2 aromatic carbocycles. The summed E-state index contributed by atoms with van der Waals surface area (Å²) in [4.78, 5) is 17.7. The largest absolute Gasteiger partial charge is 0.379 e. The minimum Gasteiger partial charge on any atom is -0.379 e. The number of nitrogens with zero attached hydrogens (tertiary/aromatic N) is 2. The number of hydrogen-bond acceptors (Lipinski definition) is 5. The molecule has 4 rings (SSSR count). The van der Waals surface area contributed by atoms with E-state index in [2.05, 4.69) is 10.3 Å². The van der Waals surface area contributed by atoms with E-state index in [1.54, 1.807) is 25.1 Å². The van der Waals surface area contributed by atoms with Crippen LogP contribution in [-0.2, 0) is 14.8 Å². The van der Waals surface area contributed by atoms with Crippen LogP contribution in [-0.4, -0.2) is 49.9 Å². The molecule has 3 aromatic rings. The number of amides is 1. The standard InChI is InChI=1S/C24H25N3O4S/c1-17-8-9-20(32(29,30)27-12-14-31-15-13-27)16-23(17)26-24(28)21-10-11-22(25-18(21)2)19-6-4-3-5-7-19/h3-11,16H,12-15H2,1-2H3,(H,26,28). The Labute approximate surface area is 188 Å². The summed E-state index contributed by atoms with van der Waals surface area (Å²) in [5.74, 6) is -0.335. The van der Waals surface area contributed by atoms with Crippen molar-refractivity contribution < 1.29 is 17.9 Å². The van der Waals surface area contributed by atoms with Gasteiger partial charge in [-0.2, -0.15) is 4.31 Å². The highest BCUT2D eigenvalue weighted by Crippen LogP contribution is 2.25. The van der Waals surface area contributed by atoms with Crippen molar-refractivity contribution >= 4 is 21.6 Å². The summed E-state index contributed by atoms with van der Waals surface area (Å²) in [5.41, 5.74) is 4.01. The monoisotopic (exact) mass is 451 g/mol. The normalized spacial score (nSPS) is 14.8. The van der Waals surface area contributed by atoms with Crippen molar-refractivity contribution in [3.63, 3.8) is 0 Å². The lowest BCUT2D eigenvalue weighted by Crippen LogP contribution is -2.40. The topological polar surface area (TPSA) is 88.6 Å². The van der Waals surface area contributed by atoms with Gasteiger partial charge >= 0.3 is 0 Å². The highest BCUT2D eigenvalue weighted by atomic mass is 32.2. The zero-order valence-corrected chi connectivity index (χ0v) is 18.9. The van der Waals surface area contributed by atoms with E-state index in [4.69, 9.17) is 4.74 Å². The number of nitrogens with one attached hydrogen (secondary N) is 1. The van der Waals surface area contributed by atoms with Gasteiger partial charge in [0.2, 0.25) is 10.0 Å². The lowest BCUT2D eigenvalue weighted by Gasteiger charge is -2.26. The van der Waals surface area contributed by atoms with Gasteiger partial charge in [0, 0.05) is 24.3 Å². The first-order valence-corrected chi connectivity index (χ1v) is 11.8. The van der Waals surface area contributed by atoms with Crippen molar-refractivity contribution in [1.29, 1.82) is 0 Å². The SMILES string of the molecule is Cc1ccc(S(=O)(=O)N2CCOCC2)cc1NC(=O)c1ccc(-c2ccccc2)nc1C. The van der Waals surface area contributed by atoms with Crippen molar-refractivity contribution in [3.8, 4) is 11.3 Å². The van der Waals surface area contributed by atoms with Crippen LogP contribution in [0.2, 0.25) is 0 Å². The summed E-state index contributed by atoms with van der Waals surface area (Å²) < 4.78 is 32.6. The van der Waals surface area contributed by atoms with Gasteiger partial charge in [0.1, 0.15) is 0 Å². The predicted molar refractivity (Wildman–Crippen MR) is 123 cm³/mol.